The van der Waals surface area contributed by atoms with Gasteiger partial charge < -0.3 is 10.1 Å². The summed E-state index contributed by atoms with van der Waals surface area (Å²) in [6.07, 6.45) is 0. The summed E-state index contributed by atoms with van der Waals surface area (Å²) in [7, 11) is 0. The van der Waals surface area contributed by atoms with Crippen LogP contribution in [-0.2, 0) is 11.3 Å². The Morgan fingerprint density at radius 1 is 1.42 bits per heavy atom. The number of hydrogen-bond acceptors (Lipinski definition) is 3. The van der Waals surface area contributed by atoms with Gasteiger partial charge in [0.1, 0.15) is 11.9 Å². The molecule has 0 aliphatic heterocycles. The Kier molecular flexibility index (Phi) is 6.48. The second kappa shape index (κ2) is 7.88. The second-order valence-electron chi connectivity index (χ2n) is 4.78. The van der Waals surface area contributed by atoms with Crippen molar-refractivity contribution < 1.29 is 9.13 Å². The number of halogens is 1. The van der Waals surface area contributed by atoms with Crippen LogP contribution < -0.4 is 5.32 Å². The van der Waals surface area contributed by atoms with Gasteiger partial charge in [0.25, 0.3) is 0 Å². The van der Waals surface area contributed by atoms with Gasteiger partial charge in [0.15, 0.2) is 0 Å². The van der Waals surface area contributed by atoms with Gasteiger partial charge in [-0.3, -0.25) is 0 Å². The fraction of sp³-hybridized carbons (Fsp3) is 0.533. The lowest BCUT2D eigenvalue weighted by atomic mass is 10.0. The normalized spacial score (nSPS) is 12.4. The fourth-order valence-electron chi connectivity index (χ4n) is 1.78. The van der Waals surface area contributed by atoms with Crippen molar-refractivity contribution >= 4 is 0 Å². The van der Waals surface area contributed by atoms with Crippen LogP contribution in [0.4, 0.5) is 4.39 Å². The Balaban J connectivity index is 2.67. The molecule has 0 fully saturated rings. The highest BCUT2D eigenvalue weighted by Gasteiger charge is 2.14. The molecule has 4 heteroatoms. The summed E-state index contributed by atoms with van der Waals surface area (Å²) in [6.45, 7) is 7.82. The molecule has 0 amide bonds. The van der Waals surface area contributed by atoms with Crippen molar-refractivity contribution in [1.82, 2.24) is 5.32 Å². The van der Waals surface area contributed by atoms with E-state index in [1.165, 1.54) is 6.07 Å². The molecule has 0 aromatic heterocycles. The number of hydrogen-bond donors (Lipinski definition) is 1. The van der Waals surface area contributed by atoms with Gasteiger partial charge in [-0.15, -0.1) is 0 Å². The van der Waals surface area contributed by atoms with Crippen LogP contribution >= 0.6 is 0 Å². The van der Waals surface area contributed by atoms with Crippen LogP contribution in [0.3, 0.4) is 0 Å². The Morgan fingerprint density at radius 2 is 2.16 bits per heavy atom. The third kappa shape index (κ3) is 4.62. The highest BCUT2D eigenvalue weighted by atomic mass is 19.1. The second-order valence-corrected chi connectivity index (χ2v) is 4.78. The molecule has 0 saturated heterocycles. The first-order chi connectivity index (χ1) is 9.10. The Morgan fingerprint density at radius 3 is 2.74 bits per heavy atom. The molecular weight excluding hydrogens is 243 g/mol. The van der Waals surface area contributed by atoms with E-state index in [1.807, 2.05) is 13.0 Å². The van der Waals surface area contributed by atoms with Crippen molar-refractivity contribution in [2.45, 2.75) is 33.4 Å². The van der Waals surface area contributed by atoms with Gasteiger partial charge in [-0.2, -0.15) is 5.26 Å². The molecule has 0 aliphatic carbocycles. The highest BCUT2D eigenvalue weighted by molar-refractivity contribution is 5.34. The first-order valence-electron chi connectivity index (χ1n) is 6.58. The number of nitrogens with one attached hydrogen (secondary N) is 1. The summed E-state index contributed by atoms with van der Waals surface area (Å²) in [6, 6.07) is 6.90. The lowest BCUT2D eigenvalue weighted by Crippen LogP contribution is -2.37. The molecule has 1 aromatic carbocycles. The zero-order valence-corrected chi connectivity index (χ0v) is 11.7. The minimum Gasteiger partial charge on any atom is -0.380 e. The van der Waals surface area contributed by atoms with Crippen molar-refractivity contribution in [3.63, 3.8) is 0 Å². The van der Waals surface area contributed by atoms with E-state index in [1.54, 1.807) is 12.1 Å². The molecule has 1 rings (SSSR count). The Hall–Kier alpha value is -1.44. The van der Waals surface area contributed by atoms with E-state index in [0.29, 0.717) is 31.2 Å². The molecule has 0 aliphatic rings. The molecule has 1 atom stereocenters. The van der Waals surface area contributed by atoms with Crippen LogP contribution in [0.15, 0.2) is 18.2 Å². The molecule has 104 valence electrons. The van der Waals surface area contributed by atoms with Gasteiger partial charge in [0.05, 0.1) is 12.2 Å². The van der Waals surface area contributed by atoms with Crippen LogP contribution in [0.25, 0.3) is 0 Å². The van der Waals surface area contributed by atoms with E-state index in [0.717, 1.165) is 0 Å². The minimum atomic E-state index is -0.434. The molecular formula is C15H21FN2O. The van der Waals surface area contributed by atoms with Crippen molar-refractivity contribution in [2.75, 3.05) is 13.2 Å². The third-order valence-electron chi connectivity index (χ3n) is 3.06. The summed E-state index contributed by atoms with van der Waals surface area (Å²) in [5.41, 5.74) is 0.603. The van der Waals surface area contributed by atoms with Gasteiger partial charge in [-0.1, -0.05) is 26.0 Å². The third-order valence-corrected chi connectivity index (χ3v) is 3.06. The topological polar surface area (TPSA) is 45.0 Å². The van der Waals surface area contributed by atoms with E-state index in [-0.39, 0.29) is 11.6 Å². The monoisotopic (exact) mass is 264 g/mol. The maximum absolute atomic E-state index is 13.9. The van der Waals surface area contributed by atoms with E-state index < -0.39 is 5.82 Å². The predicted molar refractivity (Wildman–Crippen MR) is 73.1 cm³/mol. The number of ether oxygens (including phenoxy) is 1. The molecule has 0 heterocycles. The van der Waals surface area contributed by atoms with Crippen LogP contribution in [0.5, 0.6) is 0 Å². The molecule has 0 spiro atoms. The van der Waals surface area contributed by atoms with Crippen LogP contribution in [0, 0.1) is 23.1 Å². The van der Waals surface area contributed by atoms with Gasteiger partial charge in [-0.05, 0) is 18.9 Å². The van der Waals surface area contributed by atoms with Crippen molar-refractivity contribution in [3.05, 3.63) is 35.1 Å². The quantitative estimate of drug-likeness (QED) is 0.823. The number of nitrogens with zero attached hydrogens (tertiary/aromatic N) is 1. The van der Waals surface area contributed by atoms with E-state index >= 15 is 0 Å². The average molecular weight is 264 g/mol. The van der Waals surface area contributed by atoms with Crippen molar-refractivity contribution in [3.8, 4) is 6.07 Å². The smallest absolute Gasteiger partial charge is 0.145 e. The minimum absolute atomic E-state index is 0.0882. The van der Waals surface area contributed by atoms with Gasteiger partial charge in [0.2, 0.25) is 0 Å². The zero-order valence-electron chi connectivity index (χ0n) is 11.7. The van der Waals surface area contributed by atoms with Gasteiger partial charge >= 0.3 is 0 Å². The maximum Gasteiger partial charge on any atom is 0.145 e. The van der Waals surface area contributed by atoms with Gasteiger partial charge in [-0.25, -0.2) is 4.39 Å². The maximum atomic E-state index is 13.9. The van der Waals surface area contributed by atoms with E-state index in [4.69, 9.17) is 10.00 Å². The van der Waals surface area contributed by atoms with Crippen molar-refractivity contribution in [1.29, 1.82) is 5.26 Å². The first kappa shape index (κ1) is 15.6. The summed E-state index contributed by atoms with van der Waals surface area (Å²) in [4.78, 5) is 0. The molecule has 0 saturated carbocycles. The number of rotatable bonds is 7. The summed E-state index contributed by atoms with van der Waals surface area (Å²) in [5.74, 6) is -0.0369. The lowest BCUT2D eigenvalue weighted by molar-refractivity contribution is 0.107. The van der Waals surface area contributed by atoms with Crippen LogP contribution in [-0.4, -0.2) is 19.3 Å². The van der Waals surface area contributed by atoms with Gasteiger partial charge in [0, 0.05) is 24.8 Å². The first-order valence-corrected chi connectivity index (χ1v) is 6.58. The number of benzene rings is 1. The Labute approximate surface area is 114 Å². The van der Waals surface area contributed by atoms with E-state index in [9.17, 15) is 4.39 Å². The predicted octanol–water partition coefficient (Wildman–Crippen LogP) is 2.85. The molecule has 0 bridgehead atoms. The molecule has 3 nitrogen and oxygen atoms in total. The molecule has 1 N–H and O–H groups in total. The van der Waals surface area contributed by atoms with Crippen molar-refractivity contribution in [2.24, 2.45) is 5.92 Å². The molecule has 0 radical (unpaired) electrons. The lowest BCUT2D eigenvalue weighted by Gasteiger charge is -2.22. The summed E-state index contributed by atoms with van der Waals surface area (Å²) >= 11 is 0. The fourth-order valence-corrected chi connectivity index (χ4v) is 1.78. The number of nitriles is 1. The molecule has 19 heavy (non-hydrogen) atoms. The Bertz CT molecular complexity index is 440. The zero-order chi connectivity index (χ0) is 14.3. The van der Waals surface area contributed by atoms with Crippen LogP contribution in [0.1, 0.15) is 31.9 Å². The summed E-state index contributed by atoms with van der Waals surface area (Å²) in [5, 5.41) is 12.1. The highest BCUT2D eigenvalue weighted by Crippen LogP contribution is 2.13. The van der Waals surface area contributed by atoms with E-state index in [2.05, 4.69) is 19.2 Å². The van der Waals surface area contributed by atoms with Crippen LogP contribution in [0.2, 0.25) is 0 Å². The SMILES string of the molecule is CCOCC(NCc1cccc(C#N)c1F)C(C)C. The average Bonchev–Trinajstić information content (AvgIpc) is 2.40. The summed E-state index contributed by atoms with van der Waals surface area (Å²) < 4.78 is 19.3. The standard InChI is InChI=1S/C15H21FN2O/c1-4-19-10-14(11(2)3)18-9-13-7-5-6-12(8-17)15(13)16/h5-7,11,14,18H,4,9-10H2,1-3H3. The molecule has 1 aromatic rings. The molecule has 1 unspecified atom stereocenters. The largest absolute Gasteiger partial charge is 0.380 e.